The largest absolute Gasteiger partial charge is 0.455 e. The second-order valence-electron chi connectivity index (χ2n) is 6.72. The van der Waals surface area contributed by atoms with Crippen LogP contribution >= 0.6 is 0 Å². The first-order valence-corrected chi connectivity index (χ1v) is 6.70. The quantitative estimate of drug-likeness (QED) is 0.780. The average Bonchev–Trinajstić information content (AvgIpc) is 2.23. The summed E-state index contributed by atoms with van der Waals surface area (Å²) in [6, 6.07) is 1.47. The summed E-state index contributed by atoms with van der Waals surface area (Å²) < 4.78 is 10.4. The van der Waals surface area contributed by atoms with Crippen LogP contribution in [0.2, 0.25) is 0 Å². The van der Waals surface area contributed by atoms with E-state index in [1.807, 2.05) is 0 Å². The maximum absolute atomic E-state index is 12.0. The summed E-state index contributed by atoms with van der Waals surface area (Å²) in [5.41, 5.74) is -0.761. The van der Waals surface area contributed by atoms with Crippen LogP contribution in [0.15, 0.2) is 6.07 Å². The zero-order valence-electron chi connectivity index (χ0n) is 13.6. The van der Waals surface area contributed by atoms with E-state index in [2.05, 4.69) is 9.97 Å². The first kappa shape index (κ1) is 17.1. The second kappa shape index (κ2) is 5.79. The van der Waals surface area contributed by atoms with Gasteiger partial charge in [-0.15, -0.1) is 0 Å². The van der Waals surface area contributed by atoms with Crippen LogP contribution in [-0.2, 0) is 9.47 Å². The molecule has 1 heterocycles. The van der Waals surface area contributed by atoms with Gasteiger partial charge in [0.2, 0.25) is 5.82 Å². The van der Waals surface area contributed by atoms with Crippen molar-refractivity contribution in [3.8, 4) is 0 Å². The van der Waals surface area contributed by atoms with Gasteiger partial charge in [-0.1, -0.05) is 0 Å². The van der Waals surface area contributed by atoms with Crippen molar-refractivity contribution in [1.82, 2.24) is 9.97 Å². The molecule has 1 aromatic rings. The summed E-state index contributed by atoms with van der Waals surface area (Å²) in [4.78, 5) is 31.9. The highest BCUT2D eigenvalue weighted by molar-refractivity contribution is 5.90. The fourth-order valence-corrected chi connectivity index (χ4v) is 1.42. The number of hydrogen-bond acceptors (Lipinski definition) is 6. The lowest BCUT2D eigenvalue weighted by Gasteiger charge is -2.20. The lowest BCUT2D eigenvalue weighted by molar-refractivity contribution is 0.00514. The molecule has 0 saturated carbocycles. The molecular weight excluding hydrogens is 272 g/mol. The van der Waals surface area contributed by atoms with Crippen LogP contribution in [-0.4, -0.2) is 33.1 Å². The predicted octanol–water partition coefficient (Wildman–Crippen LogP) is 2.70. The van der Waals surface area contributed by atoms with Crippen LogP contribution in [0.5, 0.6) is 0 Å². The van der Waals surface area contributed by atoms with Gasteiger partial charge in [-0.25, -0.2) is 19.6 Å². The Morgan fingerprint density at radius 2 is 1.38 bits per heavy atom. The molecule has 1 aromatic heterocycles. The van der Waals surface area contributed by atoms with Crippen molar-refractivity contribution in [3.05, 3.63) is 23.3 Å². The molecule has 0 aromatic carbocycles. The van der Waals surface area contributed by atoms with E-state index in [1.54, 1.807) is 48.5 Å². The normalized spacial score (nSPS) is 12.0. The number of carbonyl (C=O) groups is 2. The van der Waals surface area contributed by atoms with Crippen LogP contribution < -0.4 is 0 Å². The molecule has 0 unspecified atom stereocenters. The van der Waals surface area contributed by atoms with E-state index in [0.29, 0.717) is 5.69 Å². The average molecular weight is 294 g/mol. The standard InChI is InChI=1S/C15H22N2O4/c1-9-8-10(12(18)20-14(2,3)4)17-11(16-9)13(19)21-15(5,6)7/h8H,1-7H3. The van der Waals surface area contributed by atoms with Gasteiger partial charge in [-0.3, -0.25) is 0 Å². The maximum atomic E-state index is 12.0. The van der Waals surface area contributed by atoms with Crippen molar-refractivity contribution in [2.24, 2.45) is 0 Å². The monoisotopic (exact) mass is 294 g/mol. The molecule has 0 radical (unpaired) electrons. The Kier molecular flexibility index (Phi) is 4.71. The Morgan fingerprint density at radius 3 is 1.86 bits per heavy atom. The highest BCUT2D eigenvalue weighted by Gasteiger charge is 2.24. The maximum Gasteiger partial charge on any atom is 0.376 e. The van der Waals surface area contributed by atoms with Gasteiger partial charge in [0.1, 0.15) is 11.2 Å². The molecule has 0 saturated heterocycles. The number of esters is 2. The van der Waals surface area contributed by atoms with Gasteiger partial charge in [-0.05, 0) is 54.5 Å². The van der Waals surface area contributed by atoms with Crippen molar-refractivity contribution in [2.45, 2.75) is 59.7 Å². The third kappa shape index (κ3) is 5.89. The lowest BCUT2D eigenvalue weighted by Crippen LogP contribution is -2.27. The minimum Gasteiger partial charge on any atom is -0.455 e. The molecule has 0 aliphatic rings. The third-order valence-electron chi connectivity index (χ3n) is 2.04. The Labute approximate surface area is 124 Å². The molecule has 0 fully saturated rings. The van der Waals surface area contributed by atoms with Gasteiger partial charge < -0.3 is 9.47 Å². The molecule has 0 atom stereocenters. The van der Waals surface area contributed by atoms with E-state index >= 15 is 0 Å². The summed E-state index contributed by atoms with van der Waals surface area (Å²) in [6.07, 6.45) is 0. The third-order valence-corrected chi connectivity index (χ3v) is 2.04. The van der Waals surface area contributed by atoms with Gasteiger partial charge in [0, 0.05) is 5.69 Å². The van der Waals surface area contributed by atoms with Crippen molar-refractivity contribution in [1.29, 1.82) is 0 Å². The number of ether oxygens (including phenoxy) is 2. The Bertz CT molecular complexity index is 508. The number of carbonyl (C=O) groups excluding carboxylic acids is 2. The summed E-state index contributed by atoms with van der Waals surface area (Å²) in [7, 11) is 0. The summed E-state index contributed by atoms with van der Waals surface area (Å²) in [6.45, 7) is 12.2. The molecule has 0 amide bonds. The van der Waals surface area contributed by atoms with Gasteiger partial charge in [0.25, 0.3) is 0 Å². The van der Waals surface area contributed by atoms with Gasteiger partial charge in [0.05, 0.1) is 0 Å². The van der Waals surface area contributed by atoms with E-state index in [9.17, 15) is 9.59 Å². The minimum absolute atomic E-state index is 0.0401. The molecular formula is C15H22N2O4. The summed E-state index contributed by atoms with van der Waals surface area (Å²) in [5.74, 6) is -1.42. The summed E-state index contributed by atoms with van der Waals surface area (Å²) in [5, 5.41) is 0. The first-order valence-electron chi connectivity index (χ1n) is 6.70. The van der Waals surface area contributed by atoms with Crippen molar-refractivity contribution >= 4 is 11.9 Å². The van der Waals surface area contributed by atoms with Crippen LogP contribution in [0.3, 0.4) is 0 Å². The van der Waals surface area contributed by atoms with Crippen molar-refractivity contribution in [3.63, 3.8) is 0 Å². The lowest BCUT2D eigenvalue weighted by atomic mass is 10.2. The molecule has 21 heavy (non-hydrogen) atoms. The van der Waals surface area contributed by atoms with Crippen LogP contribution in [0, 0.1) is 6.92 Å². The van der Waals surface area contributed by atoms with E-state index in [-0.39, 0.29) is 11.5 Å². The van der Waals surface area contributed by atoms with Crippen molar-refractivity contribution < 1.29 is 19.1 Å². The number of hydrogen-bond donors (Lipinski definition) is 0. The van der Waals surface area contributed by atoms with Gasteiger partial charge >= 0.3 is 11.9 Å². The number of nitrogens with zero attached hydrogens (tertiary/aromatic N) is 2. The van der Waals surface area contributed by atoms with E-state index in [1.165, 1.54) is 6.07 Å². The van der Waals surface area contributed by atoms with Crippen LogP contribution in [0.25, 0.3) is 0 Å². The van der Waals surface area contributed by atoms with Crippen LogP contribution in [0.1, 0.15) is 68.3 Å². The van der Waals surface area contributed by atoms with E-state index in [0.717, 1.165) is 0 Å². The van der Waals surface area contributed by atoms with Gasteiger partial charge in [0.15, 0.2) is 5.69 Å². The smallest absolute Gasteiger partial charge is 0.376 e. The molecule has 0 spiro atoms. The fraction of sp³-hybridized carbons (Fsp3) is 0.600. The second-order valence-corrected chi connectivity index (χ2v) is 6.72. The van der Waals surface area contributed by atoms with E-state index in [4.69, 9.17) is 9.47 Å². The highest BCUT2D eigenvalue weighted by atomic mass is 16.6. The molecule has 1 rings (SSSR count). The Morgan fingerprint density at radius 1 is 0.905 bits per heavy atom. The van der Waals surface area contributed by atoms with Crippen LogP contribution in [0.4, 0.5) is 0 Å². The first-order chi connectivity index (χ1) is 9.37. The molecule has 6 heteroatoms. The summed E-state index contributed by atoms with van der Waals surface area (Å²) >= 11 is 0. The SMILES string of the molecule is Cc1cc(C(=O)OC(C)(C)C)nc(C(=O)OC(C)(C)C)n1. The fourth-order valence-electron chi connectivity index (χ4n) is 1.42. The zero-order chi connectivity index (χ0) is 16.4. The molecule has 116 valence electrons. The van der Waals surface area contributed by atoms with Gasteiger partial charge in [-0.2, -0.15) is 0 Å². The number of aromatic nitrogens is 2. The molecule has 6 nitrogen and oxygen atoms in total. The topological polar surface area (TPSA) is 78.4 Å². The zero-order valence-corrected chi connectivity index (χ0v) is 13.6. The molecule has 0 bridgehead atoms. The Hall–Kier alpha value is -1.98. The number of aryl methyl sites for hydroxylation is 1. The highest BCUT2D eigenvalue weighted by Crippen LogP contribution is 2.14. The Balaban J connectivity index is 3.05. The predicted molar refractivity (Wildman–Crippen MR) is 77.1 cm³/mol. The molecule has 0 aliphatic heterocycles. The minimum atomic E-state index is -0.670. The molecule has 0 aliphatic carbocycles. The van der Waals surface area contributed by atoms with Crippen molar-refractivity contribution in [2.75, 3.05) is 0 Å². The number of rotatable bonds is 2. The van der Waals surface area contributed by atoms with E-state index < -0.39 is 23.1 Å². The molecule has 0 N–H and O–H groups in total.